The van der Waals surface area contributed by atoms with Crippen LogP contribution in [0.4, 0.5) is 0 Å². The molecule has 0 radical (unpaired) electrons. The van der Waals surface area contributed by atoms with Gasteiger partial charge < -0.3 is 20.7 Å². The molecule has 0 saturated carbocycles. The molecule has 98 valence electrons. The number of aliphatic hydroxyl groups is 1. The summed E-state index contributed by atoms with van der Waals surface area (Å²) in [6, 6.07) is 2.70. The van der Waals surface area contributed by atoms with Crippen LogP contribution in [0.5, 0.6) is 11.5 Å². The van der Waals surface area contributed by atoms with Crippen LogP contribution < -0.4 is 10.5 Å². The molecular weight excluding hydrogens is 309 g/mol. The lowest BCUT2D eigenvalue weighted by atomic mass is 9.99. The number of phenols is 1. The van der Waals surface area contributed by atoms with E-state index >= 15 is 0 Å². The summed E-state index contributed by atoms with van der Waals surface area (Å²) in [6.45, 7) is 1.83. The molecule has 0 spiro atoms. The molecule has 1 rings (SSSR count). The average Bonchev–Trinajstić information content (AvgIpc) is 2.29. The number of hydrogen-bond acceptors (Lipinski definition) is 4. The number of hydrogen-bond donors (Lipinski definition) is 3. The molecule has 4 nitrogen and oxygen atoms in total. The van der Waals surface area contributed by atoms with Gasteiger partial charge in [-0.15, -0.1) is 12.4 Å². The quantitative estimate of drug-likeness (QED) is 0.794. The van der Waals surface area contributed by atoms with Crippen molar-refractivity contribution in [1.82, 2.24) is 0 Å². The second-order valence-electron chi connectivity index (χ2n) is 3.55. The van der Waals surface area contributed by atoms with E-state index in [9.17, 15) is 10.2 Å². The maximum absolute atomic E-state index is 9.89. The van der Waals surface area contributed by atoms with Crippen molar-refractivity contribution >= 4 is 28.3 Å². The number of halogens is 2. The normalized spacial score (nSPS) is 13.7. The molecule has 0 heterocycles. The zero-order chi connectivity index (χ0) is 12.3. The number of aliphatic hydroxyl groups excluding tert-OH is 1. The monoisotopic (exact) mass is 325 g/mol. The van der Waals surface area contributed by atoms with Crippen LogP contribution in [0.1, 0.15) is 24.9 Å². The molecule has 0 aliphatic rings. The highest BCUT2D eigenvalue weighted by molar-refractivity contribution is 9.10. The van der Waals surface area contributed by atoms with Gasteiger partial charge in [0.2, 0.25) is 0 Å². The molecule has 4 N–H and O–H groups in total. The fourth-order valence-corrected chi connectivity index (χ4v) is 1.92. The molecule has 2 atom stereocenters. The lowest BCUT2D eigenvalue weighted by Crippen LogP contribution is -2.25. The first-order valence-corrected chi connectivity index (χ1v) is 5.80. The number of ether oxygens (including phenoxy) is 1. The highest BCUT2D eigenvalue weighted by atomic mass is 79.9. The van der Waals surface area contributed by atoms with Crippen LogP contribution in [-0.4, -0.2) is 23.4 Å². The third-order valence-corrected chi connectivity index (χ3v) is 2.94. The van der Waals surface area contributed by atoms with Crippen molar-refractivity contribution in [2.45, 2.75) is 25.5 Å². The van der Waals surface area contributed by atoms with E-state index in [0.717, 1.165) is 4.47 Å². The number of benzene rings is 1. The second kappa shape index (κ2) is 7.06. The molecule has 0 aliphatic carbocycles. The first-order valence-electron chi connectivity index (χ1n) is 5.01. The molecular formula is C11H17BrClNO3. The van der Waals surface area contributed by atoms with Crippen molar-refractivity contribution < 1.29 is 14.9 Å². The molecule has 0 unspecified atom stereocenters. The van der Waals surface area contributed by atoms with Gasteiger partial charge in [0.1, 0.15) is 0 Å². The zero-order valence-corrected chi connectivity index (χ0v) is 12.1. The van der Waals surface area contributed by atoms with Crippen molar-refractivity contribution in [2.75, 3.05) is 7.11 Å². The van der Waals surface area contributed by atoms with Gasteiger partial charge in [0.25, 0.3) is 0 Å². The minimum absolute atomic E-state index is 0. The van der Waals surface area contributed by atoms with Crippen molar-refractivity contribution in [3.8, 4) is 11.5 Å². The molecule has 0 aliphatic heterocycles. The van der Waals surface area contributed by atoms with Crippen LogP contribution in [0.3, 0.4) is 0 Å². The summed E-state index contributed by atoms with van der Waals surface area (Å²) in [4.78, 5) is 0. The number of rotatable bonds is 4. The van der Waals surface area contributed by atoms with Crippen molar-refractivity contribution in [2.24, 2.45) is 5.73 Å². The molecule has 0 fully saturated rings. The summed E-state index contributed by atoms with van der Waals surface area (Å²) in [6.07, 6.45) is -0.167. The smallest absolute Gasteiger partial charge is 0.162 e. The molecule has 0 bridgehead atoms. The molecule has 17 heavy (non-hydrogen) atoms. The van der Waals surface area contributed by atoms with E-state index in [1.165, 1.54) is 7.11 Å². The maximum Gasteiger partial charge on any atom is 0.162 e. The minimum atomic E-state index is -0.690. The molecule has 1 aromatic carbocycles. The Morgan fingerprint density at radius 2 is 2.06 bits per heavy atom. The summed E-state index contributed by atoms with van der Waals surface area (Å²) in [5, 5.41) is 19.6. The van der Waals surface area contributed by atoms with Gasteiger partial charge in [-0.2, -0.15) is 0 Å². The number of phenolic OH excluding ortho intramolecular Hbond substituents is 1. The number of methoxy groups -OCH3 is 1. The van der Waals surface area contributed by atoms with E-state index in [1.807, 2.05) is 6.92 Å². The Hall–Kier alpha value is -0.490. The van der Waals surface area contributed by atoms with Gasteiger partial charge in [0, 0.05) is 10.0 Å². The van der Waals surface area contributed by atoms with Gasteiger partial charge in [-0.05, 0) is 18.6 Å². The Morgan fingerprint density at radius 1 is 1.47 bits per heavy atom. The largest absolute Gasteiger partial charge is 0.504 e. The van der Waals surface area contributed by atoms with Gasteiger partial charge in [-0.3, -0.25) is 0 Å². The van der Waals surface area contributed by atoms with Crippen molar-refractivity contribution in [3.05, 3.63) is 22.2 Å². The molecule has 0 amide bonds. The van der Waals surface area contributed by atoms with Gasteiger partial charge in [-0.25, -0.2) is 0 Å². The lowest BCUT2D eigenvalue weighted by molar-refractivity contribution is 0.139. The summed E-state index contributed by atoms with van der Waals surface area (Å²) >= 11 is 3.30. The zero-order valence-electron chi connectivity index (χ0n) is 9.68. The Bertz CT molecular complexity index is 376. The summed E-state index contributed by atoms with van der Waals surface area (Å²) in [7, 11) is 1.47. The second-order valence-corrected chi connectivity index (χ2v) is 4.46. The van der Waals surface area contributed by atoms with Gasteiger partial charge >= 0.3 is 0 Å². The molecule has 0 saturated heterocycles. The summed E-state index contributed by atoms with van der Waals surface area (Å²) < 4.78 is 5.76. The van der Waals surface area contributed by atoms with Crippen LogP contribution in [0.15, 0.2) is 16.6 Å². The van der Waals surface area contributed by atoms with Crippen LogP contribution >= 0.6 is 28.3 Å². The highest BCUT2D eigenvalue weighted by Gasteiger charge is 2.21. The first kappa shape index (κ1) is 16.5. The molecule has 0 aromatic heterocycles. The van der Waals surface area contributed by atoms with Crippen LogP contribution in [0.25, 0.3) is 0 Å². The Labute approximate surface area is 115 Å². The fourth-order valence-electron chi connectivity index (χ4n) is 1.47. The Morgan fingerprint density at radius 3 is 2.53 bits per heavy atom. The van der Waals surface area contributed by atoms with Crippen LogP contribution in [-0.2, 0) is 0 Å². The van der Waals surface area contributed by atoms with E-state index < -0.39 is 12.1 Å². The van der Waals surface area contributed by atoms with Crippen LogP contribution in [0, 0.1) is 0 Å². The Kier molecular flexibility index (Phi) is 6.85. The minimum Gasteiger partial charge on any atom is -0.504 e. The van der Waals surface area contributed by atoms with Crippen molar-refractivity contribution in [3.63, 3.8) is 0 Å². The number of aromatic hydroxyl groups is 1. The van der Waals surface area contributed by atoms with E-state index in [4.69, 9.17) is 10.5 Å². The highest BCUT2D eigenvalue weighted by Crippen LogP contribution is 2.37. The Balaban J connectivity index is 0.00000256. The van der Waals surface area contributed by atoms with E-state index in [1.54, 1.807) is 12.1 Å². The third kappa shape index (κ3) is 3.74. The van der Waals surface area contributed by atoms with Crippen molar-refractivity contribution in [1.29, 1.82) is 0 Å². The lowest BCUT2D eigenvalue weighted by Gasteiger charge is -2.20. The van der Waals surface area contributed by atoms with E-state index in [-0.39, 0.29) is 18.2 Å². The molecule has 6 heteroatoms. The standard InChI is InChI=1S/C11H16BrNO3.ClH/c1-3-8(14)10(13)7-4-6(12)5-9(16-2)11(7)15;/h4-5,8,10,14-15H,3,13H2,1-2H3;1H/t8-,10+;/m1./s1. The number of nitrogens with two attached hydrogens (primary N) is 1. The van der Waals surface area contributed by atoms with E-state index in [2.05, 4.69) is 15.9 Å². The summed E-state index contributed by atoms with van der Waals surface area (Å²) in [5.74, 6) is 0.314. The molecule has 1 aromatic rings. The topological polar surface area (TPSA) is 75.7 Å². The third-order valence-electron chi connectivity index (χ3n) is 2.48. The summed E-state index contributed by atoms with van der Waals surface area (Å²) in [5.41, 5.74) is 6.33. The first-order chi connectivity index (χ1) is 7.51. The predicted octanol–water partition coefficient (Wildman–Crippen LogP) is 2.36. The van der Waals surface area contributed by atoms with Gasteiger partial charge in [0.15, 0.2) is 11.5 Å². The van der Waals surface area contributed by atoms with Gasteiger partial charge in [0.05, 0.1) is 19.3 Å². The van der Waals surface area contributed by atoms with Crippen LogP contribution in [0.2, 0.25) is 0 Å². The van der Waals surface area contributed by atoms with Gasteiger partial charge in [-0.1, -0.05) is 22.9 Å². The fraction of sp³-hybridized carbons (Fsp3) is 0.455. The van der Waals surface area contributed by atoms with E-state index in [0.29, 0.717) is 17.7 Å². The maximum atomic E-state index is 9.89. The SMILES string of the molecule is CC[C@@H](O)[C@@H](N)c1cc(Br)cc(OC)c1O.Cl. The average molecular weight is 327 g/mol. The predicted molar refractivity (Wildman–Crippen MR) is 72.8 cm³/mol.